The molecular weight excluding hydrogens is 272 g/mol. The average Bonchev–Trinajstić information content (AvgIpc) is 2.47. The Balaban J connectivity index is 0. The second-order valence-corrected chi connectivity index (χ2v) is 6.92. The van der Waals surface area contributed by atoms with Gasteiger partial charge in [0.15, 0.2) is 0 Å². The van der Waals surface area contributed by atoms with Crippen molar-refractivity contribution in [2.75, 3.05) is 46.8 Å². The molecule has 1 saturated heterocycles. The maximum absolute atomic E-state index is 8.67. The third kappa shape index (κ3) is 14.8. The van der Waals surface area contributed by atoms with Crippen molar-refractivity contribution in [2.24, 2.45) is 0 Å². The first-order valence-corrected chi connectivity index (χ1v) is 9.59. The maximum Gasteiger partial charge on any atom is 0.0839 e. The third-order valence-corrected chi connectivity index (χ3v) is 4.31. The number of nitrogens with zero attached hydrogens (tertiary/aromatic N) is 2. The van der Waals surface area contributed by atoms with E-state index in [9.17, 15) is 0 Å². The van der Waals surface area contributed by atoms with Crippen molar-refractivity contribution in [3.05, 3.63) is 0 Å². The molecule has 22 heavy (non-hydrogen) atoms. The molecule has 0 unspecified atom stereocenters. The zero-order valence-corrected chi connectivity index (χ0v) is 16.7. The van der Waals surface area contributed by atoms with Crippen LogP contribution in [-0.2, 0) is 0 Å². The van der Waals surface area contributed by atoms with Gasteiger partial charge >= 0.3 is 0 Å². The molecule has 3 heteroatoms. The molecule has 0 aliphatic carbocycles. The highest BCUT2D eigenvalue weighted by Gasteiger charge is 2.28. The van der Waals surface area contributed by atoms with Crippen LogP contribution in [0.3, 0.4) is 0 Å². The molecule has 0 aromatic rings. The zero-order valence-electron chi connectivity index (χ0n) is 16.7. The maximum atomic E-state index is 8.67. The van der Waals surface area contributed by atoms with Gasteiger partial charge in [-0.2, -0.15) is 0 Å². The van der Waals surface area contributed by atoms with Crippen LogP contribution in [0.25, 0.3) is 0 Å². The number of aliphatic hydroxyl groups excluding tert-OH is 1. The first-order chi connectivity index (χ1) is 10.4. The quantitative estimate of drug-likeness (QED) is 0.680. The first-order valence-electron chi connectivity index (χ1n) is 9.59. The lowest BCUT2D eigenvalue weighted by molar-refractivity contribution is -0.946. The summed E-state index contributed by atoms with van der Waals surface area (Å²) in [5.41, 5.74) is 0. The fourth-order valence-electron chi connectivity index (χ4n) is 2.63. The number of likely N-dealkylation sites (tertiary alicyclic amines) is 1. The Labute approximate surface area is 141 Å². The second-order valence-electron chi connectivity index (χ2n) is 6.92. The second kappa shape index (κ2) is 15.8. The van der Waals surface area contributed by atoms with E-state index in [2.05, 4.69) is 39.8 Å². The van der Waals surface area contributed by atoms with Crippen LogP contribution < -0.4 is 0 Å². The van der Waals surface area contributed by atoms with Crippen molar-refractivity contribution in [3.8, 4) is 0 Å². The normalized spacial score (nSPS) is 15.5. The van der Waals surface area contributed by atoms with Crippen LogP contribution in [0.5, 0.6) is 0 Å². The fourth-order valence-corrected chi connectivity index (χ4v) is 2.63. The Morgan fingerprint density at radius 1 is 0.909 bits per heavy atom. The van der Waals surface area contributed by atoms with Gasteiger partial charge in [-0.15, -0.1) is 0 Å². The Morgan fingerprint density at radius 3 is 1.50 bits per heavy atom. The molecule has 0 saturated carbocycles. The summed E-state index contributed by atoms with van der Waals surface area (Å²) in [5, 5.41) is 8.67. The molecule has 0 spiro atoms. The predicted octanol–water partition coefficient (Wildman–Crippen LogP) is 4.15. The van der Waals surface area contributed by atoms with E-state index in [0.29, 0.717) is 0 Å². The number of quaternary nitrogens is 1. The van der Waals surface area contributed by atoms with E-state index in [1.165, 1.54) is 62.9 Å². The molecule has 3 nitrogen and oxygen atoms in total. The molecule has 1 N–H and O–H groups in total. The molecular formula is C19H45N2O+. The van der Waals surface area contributed by atoms with Crippen LogP contribution in [0, 0.1) is 0 Å². The van der Waals surface area contributed by atoms with E-state index in [-0.39, 0.29) is 6.10 Å². The van der Waals surface area contributed by atoms with E-state index in [1.54, 1.807) is 0 Å². The third-order valence-electron chi connectivity index (χ3n) is 4.31. The lowest BCUT2D eigenvalue weighted by atomic mass is 10.1. The zero-order chi connectivity index (χ0) is 17.4. The fraction of sp³-hybridized carbons (Fsp3) is 1.00. The molecule has 0 aromatic heterocycles. The van der Waals surface area contributed by atoms with Crippen LogP contribution in [-0.4, -0.2) is 67.4 Å². The summed E-state index contributed by atoms with van der Waals surface area (Å²) in [6, 6.07) is 0. The number of hydrogen-bond donors (Lipinski definition) is 1. The smallest absolute Gasteiger partial charge is 0.0839 e. The summed E-state index contributed by atoms with van der Waals surface area (Å²) in [6.45, 7) is 17.4. The monoisotopic (exact) mass is 317 g/mol. The van der Waals surface area contributed by atoms with Gasteiger partial charge in [-0.1, -0.05) is 34.6 Å². The molecule has 1 aliphatic rings. The van der Waals surface area contributed by atoms with Crippen molar-refractivity contribution in [1.29, 1.82) is 0 Å². The summed E-state index contributed by atoms with van der Waals surface area (Å²) >= 11 is 0. The minimum atomic E-state index is -0.0648. The summed E-state index contributed by atoms with van der Waals surface area (Å²) in [7, 11) is 4.53. The van der Waals surface area contributed by atoms with Crippen LogP contribution >= 0.6 is 0 Å². The highest BCUT2D eigenvalue weighted by molar-refractivity contribution is 4.50. The van der Waals surface area contributed by atoms with Gasteiger partial charge in [0.25, 0.3) is 0 Å². The molecule has 0 aromatic carbocycles. The molecule has 0 radical (unpaired) electrons. The van der Waals surface area contributed by atoms with Gasteiger partial charge in [-0.05, 0) is 52.2 Å². The molecule has 0 bridgehead atoms. The van der Waals surface area contributed by atoms with Gasteiger partial charge in [0.2, 0.25) is 0 Å². The van der Waals surface area contributed by atoms with Gasteiger partial charge in [-0.25, -0.2) is 0 Å². The van der Waals surface area contributed by atoms with E-state index >= 15 is 0 Å². The first kappa shape index (κ1) is 24.1. The SMILES string of the molecule is CCC(O)CC.CCCN(C)CCC.CCC[N+]1(C)CCC1. The number of aliphatic hydroxyl groups is 1. The van der Waals surface area contributed by atoms with Crippen LogP contribution in [0.2, 0.25) is 0 Å². The van der Waals surface area contributed by atoms with Gasteiger partial charge in [-0.3, -0.25) is 0 Å². The van der Waals surface area contributed by atoms with Crippen LogP contribution in [0.4, 0.5) is 0 Å². The molecule has 0 atom stereocenters. The van der Waals surface area contributed by atoms with Crippen molar-refractivity contribution in [1.82, 2.24) is 4.90 Å². The van der Waals surface area contributed by atoms with Gasteiger partial charge in [0.1, 0.15) is 0 Å². The topological polar surface area (TPSA) is 23.5 Å². The van der Waals surface area contributed by atoms with E-state index < -0.39 is 0 Å². The molecule has 1 heterocycles. The summed E-state index contributed by atoms with van der Waals surface area (Å²) in [6.07, 6.45) is 7.05. The highest BCUT2D eigenvalue weighted by atomic mass is 16.3. The van der Waals surface area contributed by atoms with E-state index in [0.717, 1.165) is 12.8 Å². The highest BCUT2D eigenvalue weighted by Crippen LogP contribution is 2.15. The van der Waals surface area contributed by atoms with Crippen molar-refractivity contribution in [3.63, 3.8) is 0 Å². The minimum Gasteiger partial charge on any atom is -0.393 e. The molecule has 1 fully saturated rings. The Bertz CT molecular complexity index is 207. The standard InChI is InChI=1S/C7H16N.C7H17N.C5H12O/c1-3-5-8(2)6-4-7-8;1-4-6-8(3)7-5-2;1-3-5(6)4-2/h3-7H2,1-2H3;4-7H2,1-3H3;5-6H,3-4H2,1-2H3/q+1;;. The lowest BCUT2D eigenvalue weighted by Crippen LogP contribution is -2.54. The van der Waals surface area contributed by atoms with Gasteiger partial charge in [0.05, 0.1) is 32.8 Å². The van der Waals surface area contributed by atoms with Crippen molar-refractivity contribution >= 4 is 0 Å². The van der Waals surface area contributed by atoms with E-state index in [4.69, 9.17) is 5.11 Å². The van der Waals surface area contributed by atoms with Gasteiger partial charge < -0.3 is 14.5 Å². The van der Waals surface area contributed by atoms with Crippen LogP contribution in [0.1, 0.15) is 73.1 Å². The van der Waals surface area contributed by atoms with E-state index in [1.807, 2.05) is 13.8 Å². The van der Waals surface area contributed by atoms with Gasteiger partial charge in [0, 0.05) is 6.42 Å². The van der Waals surface area contributed by atoms with Crippen molar-refractivity contribution < 1.29 is 9.59 Å². The summed E-state index contributed by atoms with van der Waals surface area (Å²) in [5.74, 6) is 0. The summed E-state index contributed by atoms with van der Waals surface area (Å²) in [4.78, 5) is 2.36. The number of hydrogen-bond acceptors (Lipinski definition) is 2. The molecule has 1 aliphatic heterocycles. The van der Waals surface area contributed by atoms with Crippen molar-refractivity contribution in [2.45, 2.75) is 79.2 Å². The molecule has 1 rings (SSSR count). The predicted molar refractivity (Wildman–Crippen MR) is 100 cm³/mol. The Hall–Kier alpha value is -0.120. The minimum absolute atomic E-state index is 0.0648. The average molecular weight is 318 g/mol. The Kier molecular flexibility index (Phi) is 17.3. The largest absolute Gasteiger partial charge is 0.393 e. The molecule has 0 amide bonds. The summed E-state index contributed by atoms with van der Waals surface area (Å²) < 4.78 is 1.34. The lowest BCUT2D eigenvalue weighted by Gasteiger charge is -2.41. The Morgan fingerprint density at radius 2 is 1.36 bits per heavy atom. The van der Waals surface area contributed by atoms with Crippen LogP contribution in [0.15, 0.2) is 0 Å². The molecule has 136 valence electrons. The number of rotatable bonds is 8.